The van der Waals surface area contributed by atoms with E-state index in [1.165, 1.54) is 96.3 Å². The van der Waals surface area contributed by atoms with Crippen molar-refractivity contribution in [2.75, 3.05) is 13.2 Å². The Hall–Kier alpha value is -3.67. The monoisotopic (exact) mass is 861 g/mol. The highest BCUT2D eigenvalue weighted by molar-refractivity contribution is 5.71. The van der Waals surface area contributed by atoms with E-state index in [2.05, 4.69) is 63.3 Å². The summed E-state index contributed by atoms with van der Waals surface area (Å²) in [6, 6.07) is 0. The molecule has 0 aromatic rings. The minimum absolute atomic E-state index is 0.112. The third-order valence-corrected chi connectivity index (χ3v) is 10.5. The molecule has 352 valence electrons. The Bertz CT molecular complexity index is 1260. The van der Waals surface area contributed by atoms with Crippen LogP contribution in [0.25, 0.3) is 0 Å². The Morgan fingerprint density at radius 2 is 0.645 bits per heavy atom. The van der Waals surface area contributed by atoms with Crippen LogP contribution in [0.3, 0.4) is 0 Å². The van der Waals surface area contributed by atoms with Crippen LogP contribution in [0.4, 0.5) is 0 Å². The van der Waals surface area contributed by atoms with E-state index in [-0.39, 0.29) is 37.5 Å². The number of hydrogen-bond acceptors (Lipinski definition) is 6. The number of rotatable bonds is 44. The number of allylic oxidation sites excluding steroid dienone is 16. The maximum atomic E-state index is 12.7. The molecule has 1 unspecified atom stereocenters. The lowest BCUT2D eigenvalue weighted by Gasteiger charge is -2.18. The van der Waals surface area contributed by atoms with Gasteiger partial charge in [0.05, 0.1) is 0 Å². The molecule has 0 saturated carbocycles. The molecule has 0 amide bonds. The highest BCUT2D eigenvalue weighted by Gasteiger charge is 2.19. The lowest BCUT2D eigenvalue weighted by molar-refractivity contribution is -0.167. The highest BCUT2D eigenvalue weighted by Crippen LogP contribution is 2.15. The second-order valence-electron chi connectivity index (χ2n) is 16.5. The molecular weight excluding hydrogens is 769 g/mol. The average molecular weight is 861 g/mol. The molecule has 0 aliphatic heterocycles. The van der Waals surface area contributed by atoms with Gasteiger partial charge >= 0.3 is 17.9 Å². The van der Waals surface area contributed by atoms with E-state index in [0.717, 1.165) is 77.0 Å². The Morgan fingerprint density at radius 1 is 0.339 bits per heavy atom. The average Bonchev–Trinajstić information content (AvgIpc) is 3.27. The lowest BCUT2D eigenvalue weighted by Crippen LogP contribution is -2.30. The van der Waals surface area contributed by atoms with Gasteiger partial charge in [0.1, 0.15) is 13.2 Å². The van der Waals surface area contributed by atoms with Crippen LogP contribution >= 0.6 is 0 Å². The normalized spacial score (nSPS) is 12.9. The number of carbonyl (C=O) groups excluding carboxylic acids is 3. The van der Waals surface area contributed by atoms with Crippen LogP contribution in [0.15, 0.2) is 97.2 Å². The van der Waals surface area contributed by atoms with Crippen molar-refractivity contribution in [3.8, 4) is 0 Å². The van der Waals surface area contributed by atoms with Crippen molar-refractivity contribution >= 4 is 17.9 Å². The number of ether oxygens (including phenoxy) is 3. The summed E-state index contributed by atoms with van der Waals surface area (Å²) in [7, 11) is 0. The van der Waals surface area contributed by atoms with Crippen LogP contribution in [0.5, 0.6) is 0 Å². The van der Waals surface area contributed by atoms with Gasteiger partial charge in [-0.1, -0.05) is 246 Å². The van der Waals surface area contributed by atoms with Gasteiger partial charge in [0.15, 0.2) is 6.10 Å². The van der Waals surface area contributed by atoms with Gasteiger partial charge in [-0.2, -0.15) is 0 Å². The zero-order valence-electron chi connectivity index (χ0n) is 40.1. The molecule has 6 heteroatoms. The Morgan fingerprint density at radius 3 is 1.03 bits per heavy atom. The summed E-state index contributed by atoms with van der Waals surface area (Å²) in [4.78, 5) is 37.9. The van der Waals surface area contributed by atoms with Crippen molar-refractivity contribution in [3.63, 3.8) is 0 Å². The van der Waals surface area contributed by atoms with Crippen molar-refractivity contribution in [2.45, 2.75) is 226 Å². The van der Waals surface area contributed by atoms with Crippen molar-refractivity contribution in [3.05, 3.63) is 97.2 Å². The molecular formula is C56H92O6. The molecule has 6 nitrogen and oxygen atoms in total. The first-order valence-electron chi connectivity index (χ1n) is 25.3. The molecule has 0 fully saturated rings. The van der Waals surface area contributed by atoms with E-state index >= 15 is 0 Å². The van der Waals surface area contributed by atoms with Crippen molar-refractivity contribution in [2.24, 2.45) is 0 Å². The van der Waals surface area contributed by atoms with Crippen LogP contribution < -0.4 is 0 Å². The van der Waals surface area contributed by atoms with E-state index < -0.39 is 6.10 Å². The zero-order chi connectivity index (χ0) is 45.1. The summed E-state index contributed by atoms with van der Waals surface area (Å²) >= 11 is 0. The quantitative estimate of drug-likeness (QED) is 0.0263. The summed E-state index contributed by atoms with van der Waals surface area (Å²) in [6.07, 6.45) is 65.5. The first kappa shape index (κ1) is 58.3. The van der Waals surface area contributed by atoms with Crippen molar-refractivity contribution in [1.29, 1.82) is 0 Å². The van der Waals surface area contributed by atoms with E-state index in [1.807, 2.05) is 54.7 Å². The molecule has 0 N–H and O–H groups in total. The maximum absolute atomic E-state index is 12.7. The zero-order valence-corrected chi connectivity index (χ0v) is 40.1. The predicted octanol–water partition coefficient (Wildman–Crippen LogP) is 16.6. The smallest absolute Gasteiger partial charge is 0.306 e. The second-order valence-corrected chi connectivity index (χ2v) is 16.5. The van der Waals surface area contributed by atoms with Crippen LogP contribution in [0, 0.1) is 0 Å². The standard InChI is InChI=1S/C56H92O6/c1-4-7-10-13-16-19-22-25-26-27-28-29-32-34-37-40-43-46-49-55(58)61-52-53(62-56(59)50-47-44-41-38-35-31-24-21-18-15-12-9-6-3)51-60-54(57)48-45-42-39-36-33-30-23-20-17-14-11-8-5-2/h8-9,11-12,14-15,17-18,20-21,23-24,31,35,38,41,53H,4-7,10,13,16,19,22,25-30,32-34,36-37,39-40,42-52H2,1-3H3/b11-8-,12-9-,17-14-,18-15-,23-20-,24-21-,35-31-,41-38-. The van der Waals surface area contributed by atoms with Gasteiger partial charge in [-0.15, -0.1) is 0 Å². The Balaban J connectivity index is 4.45. The van der Waals surface area contributed by atoms with Crippen molar-refractivity contribution in [1.82, 2.24) is 0 Å². The highest BCUT2D eigenvalue weighted by atomic mass is 16.6. The third-order valence-electron chi connectivity index (χ3n) is 10.5. The molecule has 1 atom stereocenters. The Kier molecular flexibility index (Phi) is 47.0. The molecule has 0 aromatic carbocycles. The molecule has 0 saturated heterocycles. The molecule has 0 aliphatic rings. The largest absolute Gasteiger partial charge is 0.462 e. The van der Waals surface area contributed by atoms with Crippen molar-refractivity contribution < 1.29 is 28.6 Å². The van der Waals surface area contributed by atoms with Gasteiger partial charge < -0.3 is 14.2 Å². The molecule has 0 rings (SSSR count). The van der Waals surface area contributed by atoms with Crippen LogP contribution in [0.1, 0.15) is 220 Å². The lowest BCUT2D eigenvalue weighted by atomic mass is 10.0. The third kappa shape index (κ3) is 47.4. The summed E-state index contributed by atoms with van der Waals surface area (Å²) in [5, 5.41) is 0. The fourth-order valence-corrected chi connectivity index (χ4v) is 6.77. The maximum Gasteiger partial charge on any atom is 0.306 e. The van der Waals surface area contributed by atoms with Crippen LogP contribution in [-0.2, 0) is 28.6 Å². The van der Waals surface area contributed by atoms with E-state index in [0.29, 0.717) is 19.3 Å². The van der Waals surface area contributed by atoms with Gasteiger partial charge in [0.25, 0.3) is 0 Å². The minimum Gasteiger partial charge on any atom is -0.462 e. The number of esters is 3. The summed E-state index contributed by atoms with van der Waals surface area (Å²) in [6.45, 7) is 6.28. The van der Waals surface area contributed by atoms with Crippen LogP contribution in [0.2, 0.25) is 0 Å². The van der Waals surface area contributed by atoms with Gasteiger partial charge in [0, 0.05) is 19.3 Å². The molecule has 0 heterocycles. The van der Waals surface area contributed by atoms with E-state index in [1.54, 1.807) is 0 Å². The van der Waals surface area contributed by atoms with Gasteiger partial charge in [0.2, 0.25) is 0 Å². The van der Waals surface area contributed by atoms with E-state index in [9.17, 15) is 14.4 Å². The molecule has 0 aliphatic carbocycles. The first-order valence-corrected chi connectivity index (χ1v) is 25.3. The fourth-order valence-electron chi connectivity index (χ4n) is 6.77. The molecule has 0 spiro atoms. The molecule has 62 heavy (non-hydrogen) atoms. The predicted molar refractivity (Wildman–Crippen MR) is 265 cm³/mol. The Labute approximate surface area is 381 Å². The number of carbonyl (C=O) groups is 3. The first-order chi connectivity index (χ1) is 30.5. The summed E-state index contributed by atoms with van der Waals surface area (Å²) < 4.78 is 16.7. The number of hydrogen-bond donors (Lipinski definition) is 0. The van der Waals surface area contributed by atoms with E-state index in [4.69, 9.17) is 14.2 Å². The molecule has 0 aromatic heterocycles. The fraction of sp³-hybridized carbons (Fsp3) is 0.661. The summed E-state index contributed by atoms with van der Waals surface area (Å²) in [5.41, 5.74) is 0. The summed E-state index contributed by atoms with van der Waals surface area (Å²) in [5.74, 6) is -1.01. The van der Waals surface area contributed by atoms with Gasteiger partial charge in [-0.25, -0.2) is 0 Å². The number of unbranched alkanes of at least 4 members (excludes halogenated alkanes) is 23. The topological polar surface area (TPSA) is 78.9 Å². The molecule has 0 radical (unpaired) electrons. The SMILES string of the molecule is CC\C=C/C=C\C=C/C=C\C=C/CCCC(=O)OC(COC(=O)CCCCCCC\C=C/C=C\C=C/CC)COC(=O)CCCCCCCCCCCCCCCCCCCC. The minimum atomic E-state index is -0.821. The van der Waals surface area contributed by atoms with Gasteiger partial charge in [-0.3, -0.25) is 14.4 Å². The second kappa shape index (κ2) is 50.0. The van der Waals surface area contributed by atoms with Gasteiger partial charge in [-0.05, 0) is 51.4 Å². The molecule has 0 bridgehead atoms. The van der Waals surface area contributed by atoms with Crippen LogP contribution in [-0.4, -0.2) is 37.2 Å².